The predicted molar refractivity (Wildman–Crippen MR) is 101 cm³/mol. The highest BCUT2D eigenvalue weighted by molar-refractivity contribution is 7.89. The van der Waals surface area contributed by atoms with Gasteiger partial charge in [0.1, 0.15) is 5.69 Å². The summed E-state index contributed by atoms with van der Waals surface area (Å²) in [4.78, 5) is 2.50. The van der Waals surface area contributed by atoms with Gasteiger partial charge >= 0.3 is 0 Å². The SMILES string of the molecule is O=S(=O)(c1cc(C(F)F)nn1C1CC1)N1CCC2(CC1)CC(N1CCOCC1)C2. The summed E-state index contributed by atoms with van der Waals surface area (Å²) in [6.45, 7) is 4.48. The predicted octanol–water partition coefficient (Wildman–Crippen LogP) is 2.42. The molecule has 1 spiro atoms. The van der Waals surface area contributed by atoms with Crippen LogP contribution < -0.4 is 0 Å². The first kappa shape index (κ1) is 19.8. The van der Waals surface area contributed by atoms with Gasteiger partial charge < -0.3 is 4.74 Å². The topological polar surface area (TPSA) is 67.7 Å². The summed E-state index contributed by atoms with van der Waals surface area (Å²) < 4.78 is 60.9. The van der Waals surface area contributed by atoms with Crippen molar-refractivity contribution >= 4 is 10.0 Å². The molecule has 0 unspecified atom stereocenters. The van der Waals surface area contributed by atoms with Gasteiger partial charge in [-0.05, 0) is 43.9 Å². The molecule has 1 aromatic heterocycles. The Balaban J connectivity index is 1.25. The lowest BCUT2D eigenvalue weighted by Crippen LogP contribution is -2.57. The molecule has 4 aliphatic rings. The summed E-state index contributed by atoms with van der Waals surface area (Å²) in [5.41, 5.74) is -0.212. The number of hydrogen-bond donors (Lipinski definition) is 0. The second-order valence-corrected chi connectivity index (χ2v) is 10.9. The third-order valence-corrected chi connectivity index (χ3v) is 9.00. The number of rotatable bonds is 5. The van der Waals surface area contributed by atoms with E-state index in [4.69, 9.17) is 4.74 Å². The monoisotopic (exact) mass is 430 g/mol. The molecule has 162 valence electrons. The minimum atomic E-state index is -3.81. The fourth-order valence-electron chi connectivity index (χ4n) is 5.16. The van der Waals surface area contributed by atoms with Crippen molar-refractivity contribution < 1.29 is 21.9 Å². The summed E-state index contributed by atoms with van der Waals surface area (Å²) in [6.07, 6.45) is 2.74. The molecule has 2 saturated heterocycles. The largest absolute Gasteiger partial charge is 0.379 e. The van der Waals surface area contributed by atoms with Gasteiger partial charge in [-0.1, -0.05) is 0 Å². The first-order chi connectivity index (χ1) is 13.9. The van der Waals surface area contributed by atoms with Gasteiger partial charge in [0.05, 0.1) is 19.3 Å². The van der Waals surface area contributed by atoms with E-state index in [2.05, 4.69) is 10.00 Å². The maximum atomic E-state index is 13.2. The van der Waals surface area contributed by atoms with Crippen molar-refractivity contribution in [1.82, 2.24) is 19.0 Å². The molecule has 29 heavy (non-hydrogen) atoms. The molecule has 2 aliphatic carbocycles. The quantitative estimate of drug-likeness (QED) is 0.718. The third-order valence-electron chi connectivity index (χ3n) is 7.12. The first-order valence-electron chi connectivity index (χ1n) is 10.6. The molecule has 0 N–H and O–H groups in total. The van der Waals surface area contributed by atoms with Gasteiger partial charge in [0.2, 0.25) is 0 Å². The molecular formula is C19H28F2N4O3S. The van der Waals surface area contributed by atoms with Gasteiger partial charge in [-0.15, -0.1) is 0 Å². The van der Waals surface area contributed by atoms with Gasteiger partial charge in [-0.2, -0.15) is 9.40 Å². The van der Waals surface area contributed by atoms with E-state index >= 15 is 0 Å². The molecule has 3 heterocycles. The van der Waals surface area contributed by atoms with Crippen LogP contribution >= 0.6 is 0 Å². The van der Waals surface area contributed by atoms with Gasteiger partial charge in [0.15, 0.2) is 5.03 Å². The second kappa shape index (κ2) is 7.25. The van der Waals surface area contributed by atoms with Crippen LogP contribution in [0.3, 0.4) is 0 Å². The highest BCUT2D eigenvalue weighted by Crippen LogP contribution is 2.51. The van der Waals surface area contributed by atoms with E-state index in [0.717, 1.165) is 70.9 Å². The van der Waals surface area contributed by atoms with Crippen LogP contribution in [0.4, 0.5) is 8.78 Å². The fraction of sp³-hybridized carbons (Fsp3) is 0.842. The average molecular weight is 431 g/mol. The Labute approximate surface area is 170 Å². The van der Waals surface area contributed by atoms with Gasteiger partial charge in [-0.3, -0.25) is 4.90 Å². The van der Waals surface area contributed by atoms with E-state index < -0.39 is 22.1 Å². The minimum Gasteiger partial charge on any atom is -0.379 e. The number of halogens is 2. The number of aromatic nitrogens is 2. The van der Waals surface area contributed by atoms with Crippen LogP contribution in [0.2, 0.25) is 0 Å². The van der Waals surface area contributed by atoms with Crippen molar-refractivity contribution in [2.24, 2.45) is 5.41 Å². The molecule has 4 fully saturated rings. The summed E-state index contributed by atoms with van der Waals surface area (Å²) in [5, 5.41) is 3.83. The van der Waals surface area contributed by atoms with E-state index in [-0.39, 0.29) is 16.5 Å². The summed E-state index contributed by atoms with van der Waals surface area (Å²) in [5.74, 6) is 0. The Hall–Kier alpha value is -1.10. The van der Waals surface area contributed by atoms with Crippen molar-refractivity contribution in [3.05, 3.63) is 11.8 Å². The highest BCUT2D eigenvalue weighted by Gasteiger charge is 2.49. The molecule has 0 atom stereocenters. The van der Waals surface area contributed by atoms with Crippen LogP contribution in [-0.4, -0.2) is 72.8 Å². The lowest BCUT2D eigenvalue weighted by atomic mass is 9.60. The van der Waals surface area contributed by atoms with Crippen LogP contribution in [-0.2, 0) is 14.8 Å². The van der Waals surface area contributed by atoms with E-state index in [9.17, 15) is 17.2 Å². The van der Waals surface area contributed by atoms with Gasteiger partial charge in [0.25, 0.3) is 16.4 Å². The first-order valence-corrected chi connectivity index (χ1v) is 12.0. The van der Waals surface area contributed by atoms with Crippen molar-refractivity contribution in [3.63, 3.8) is 0 Å². The molecule has 5 rings (SSSR count). The molecule has 1 aromatic rings. The van der Waals surface area contributed by atoms with Crippen LogP contribution in [0.15, 0.2) is 11.1 Å². The van der Waals surface area contributed by atoms with Crippen molar-refractivity contribution in [1.29, 1.82) is 0 Å². The van der Waals surface area contributed by atoms with Crippen LogP contribution in [0.1, 0.15) is 56.7 Å². The summed E-state index contributed by atoms with van der Waals surface area (Å²) in [7, 11) is -3.81. The molecule has 0 amide bonds. The standard InChI is InChI=1S/C19H28F2N4O3S/c20-18(21)16-11-17(25(22-16)14-1-2-14)29(26,27)24-5-3-19(4-6-24)12-15(13-19)23-7-9-28-10-8-23/h11,14-15,18H,1-10,12-13H2. The number of alkyl halides is 2. The molecule has 0 bridgehead atoms. The zero-order chi connectivity index (χ0) is 20.2. The molecule has 2 saturated carbocycles. The Bertz CT molecular complexity index is 849. The lowest BCUT2D eigenvalue weighted by molar-refractivity contribution is -0.0670. The number of nitrogens with zero attached hydrogens (tertiary/aromatic N) is 4. The van der Waals surface area contributed by atoms with E-state index in [1.165, 1.54) is 8.99 Å². The maximum absolute atomic E-state index is 13.2. The van der Waals surface area contributed by atoms with Crippen molar-refractivity contribution in [2.45, 2.75) is 62.1 Å². The van der Waals surface area contributed by atoms with E-state index in [0.29, 0.717) is 19.1 Å². The van der Waals surface area contributed by atoms with Crippen LogP contribution in [0, 0.1) is 5.41 Å². The molecular weight excluding hydrogens is 402 g/mol. The smallest absolute Gasteiger partial charge is 0.282 e. The number of morpholine rings is 1. The van der Waals surface area contributed by atoms with Gasteiger partial charge in [0, 0.05) is 38.3 Å². The zero-order valence-corrected chi connectivity index (χ0v) is 17.3. The minimum absolute atomic E-state index is 0.0638. The van der Waals surface area contributed by atoms with Crippen molar-refractivity contribution in [2.75, 3.05) is 39.4 Å². The Morgan fingerprint density at radius 2 is 1.72 bits per heavy atom. The zero-order valence-electron chi connectivity index (χ0n) is 16.5. The lowest BCUT2D eigenvalue weighted by Gasteiger charge is -2.55. The van der Waals surface area contributed by atoms with Gasteiger partial charge in [-0.25, -0.2) is 21.9 Å². The fourth-order valence-corrected chi connectivity index (χ4v) is 6.78. The van der Waals surface area contributed by atoms with Crippen molar-refractivity contribution in [3.8, 4) is 0 Å². The Morgan fingerprint density at radius 3 is 2.31 bits per heavy atom. The Kier molecular flexibility index (Phi) is 4.96. The number of hydrogen-bond acceptors (Lipinski definition) is 5. The molecule has 0 aromatic carbocycles. The van der Waals surface area contributed by atoms with Crippen LogP contribution in [0.5, 0.6) is 0 Å². The molecule has 7 nitrogen and oxygen atoms in total. The summed E-state index contributed by atoms with van der Waals surface area (Å²) in [6, 6.07) is 1.59. The maximum Gasteiger partial charge on any atom is 0.282 e. The molecule has 0 radical (unpaired) electrons. The van der Waals surface area contributed by atoms with E-state index in [1.807, 2.05) is 0 Å². The molecule has 2 aliphatic heterocycles. The number of ether oxygens (including phenoxy) is 1. The highest BCUT2D eigenvalue weighted by atomic mass is 32.2. The normalized spacial score (nSPS) is 26.9. The van der Waals surface area contributed by atoms with Crippen LogP contribution in [0.25, 0.3) is 0 Å². The molecule has 10 heteroatoms. The van der Waals surface area contributed by atoms with E-state index in [1.54, 1.807) is 0 Å². The number of sulfonamides is 1. The summed E-state index contributed by atoms with van der Waals surface area (Å²) >= 11 is 0. The average Bonchev–Trinajstić information content (AvgIpc) is 3.44. The second-order valence-electron chi connectivity index (χ2n) is 9.00. The Morgan fingerprint density at radius 1 is 1.07 bits per heavy atom. The number of piperidine rings is 1. The third kappa shape index (κ3) is 3.62.